The Balaban J connectivity index is 1.91. The topological polar surface area (TPSA) is 0 Å². The normalized spacial score (nSPS) is 19.1. The highest BCUT2D eigenvalue weighted by molar-refractivity contribution is 8.23. The quantitative estimate of drug-likeness (QED) is 0.696. The van der Waals surface area contributed by atoms with Crippen molar-refractivity contribution < 1.29 is 0 Å². The molecule has 18 heavy (non-hydrogen) atoms. The largest absolute Gasteiger partial charge is 0.147 e. The van der Waals surface area contributed by atoms with Gasteiger partial charge in [0.1, 0.15) is 0 Å². The van der Waals surface area contributed by atoms with E-state index in [4.69, 9.17) is 0 Å². The Morgan fingerprint density at radius 2 is 1.67 bits per heavy atom. The van der Waals surface area contributed by atoms with Crippen molar-refractivity contribution in [3.63, 3.8) is 0 Å². The monoisotopic (exact) mass is 296 g/mol. The van der Waals surface area contributed by atoms with E-state index in [-0.39, 0.29) is 0 Å². The van der Waals surface area contributed by atoms with Crippen LogP contribution in [-0.4, -0.2) is 23.3 Å². The fourth-order valence-corrected chi connectivity index (χ4v) is 10.3. The summed E-state index contributed by atoms with van der Waals surface area (Å²) in [4.78, 5) is 0. The van der Waals surface area contributed by atoms with Crippen molar-refractivity contribution >= 4 is 31.6 Å². The molecule has 0 unspecified atom stereocenters. The average molecular weight is 297 g/mol. The molecule has 3 heteroatoms. The predicted molar refractivity (Wildman–Crippen MR) is 90.4 cm³/mol. The molecular formula is C15H24S2Si. The van der Waals surface area contributed by atoms with Crippen LogP contribution in [0.5, 0.6) is 0 Å². The van der Waals surface area contributed by atoms with Crippen molar-refractivity contribution in [3.8, 4) is 0 Å². The molecule has 0 nitrogen and oxygen atoms in total. The Morgan fingerprint density at radius 3 is 2.22 bits per heavy atom. The molecule has 1 heterocycles. The molecular weight excluding hydrogens is 272 g/mol. The minimum absolute atomic E-state index is 0.585. The van der Waals surface area contributed by atoms with Crippen molar-refractivity contribution in [3.05, 3.63) is 35.9 Å². The Hall–Kier alpha value is 0.137. The van der Waals surface area contributed by atoms with E-state index in [1.807, 2.05) is 0 Å². The molecule has 0 saturated carbocycles. The van der Waals surface area contributed by atoms with Gasteiger partial charge >= 0.3 is 0 Å². The number of thioether (sulfide) groups is 2. The van der Waals surface area contributed by atoms with E-state index in [1.54, 1.807) is 0 Å². The molecule has 0 radical (unpaired) electrons. The van der Waals surface area contributed by atoms with E-state index in [9.17, 15) is 0 Å². The van der Waals surface area contributed by atoms with Crippen molar-refractivity contribution in [1.82, 2.24) is 0 Å². The summed E-state index contributed by atoms with van der Waals surface area (Å²) in [7, 11) is -1.09. The highest BCUT2D eigenvalue weighted by Crippen LogP contribution is 2.52. The molecule has 0 aliphatic carbocycles. The first-order valence-electron chi connectivity index (χ1n) is 6.85. The van der Waals surface area contributed by atoms with Crippen molar-refractivity contribution in [1.29, 1.82) is 0 Å². The summed E-state index contributed by atoms with van der Waals surface area (Å²) < 4.78 is 0.585. The van der Waals surface area contributed by atoms with Crippen LogP contribution in [0.3, 0.4) is 0 Å². The molecule has 0 spiro atoms. The number of rotatable bonds is 5. The second kappa shape index (κ2) is 6.06. The first-order chi connectivity index (χ1) is 8.54. The summed E-state index contributed by atoms with van der Waals surface area (Å²) in [5.41, 5.74) is 1.50. The maximum absolute atomic E-state index is 2.54. The van der Waals surface area contributed by atoms with Gasteiger partial charge in [0.05, 0.1) is 11.8 Å². The molecule has 1 saturated heterocycles. The number of benzene rings is 1. The SMILES string of the molecule is C[Si](C)(C)C1(CCCc2ccccc2)SCCS1. The molecule has 100 valence electrons. The smallest absolute Gasteiger partial charge is 0.0752 e. The van der Waals surface area contributed by atoms with Gasteiger partial charge in [-0.1, -0.05) is 50.0 Å². The van der Waals surface area contributed by atoms with Crippen LogP contribution in [0.4, 0.5) is 0 Å². The van der Waals surface area contributed by atoms with Gasteiger partial charge in [0.15, 0.2) is 0 Å². The molecule has 0 amide bonds. The third-order valence-corrected chi connectivity index (χ3v) is 13.9. The van der Waals surface area contributed by atoms with Crippen molar-refractivity contribution in [2.24, 2.45) is 0 Å². The Bertz CT molecular complexity index is 364. The zero-order valence-corrected chi connectivity index (χ0v) is 14.4. The third kappa shape index (κ3) is 3.37. The molecule has 1 aliphatic heterocycles. The molecule has 0 atom stereocenters. The maximum Gasteiger partial charge on any atom is 0.0752 e. The van der Waals surface area contributed by atoms with Gasteiger partial charge in [-0.2, -0.15) is 0 Å². The number of aryl methyl sites for hydroxylation is 1. The van der Waals surface area contributed by atoms with Gasteiger partial charge in [-0.15, -0.1) is 23.5 Å². The van der Waals surface area contributed by atoms with Crippen LogP contribution in [0, 0.1) is 0 Å². The van der Waals surface area contributed by atoms with E-state index in [1.165, 1.54) is 36.3 Å². The fourth-order valence-electron chi connectivity index (χ4n) is 2.58. The van der Waals surface area contributed by atoms with Gasteiger partial charge in [-0.05, 0) is 24.8 Å². The lowest BCUT2D eigenvalue weighted by Crippen LogP contribution is -2.45. The maximum atomic E-state index is 2.54. The molecule has 1 aromatic carbocycles. The second-order valence-electron chi connectivity index (χ2n) is 6.04. The van der Waals surface area contributed by atoms with Crippen LogP contribution in [0.25, 0.3) is 0 Å². The van der Waals surface area contributed by atoms with E-state index < -0.39 is 8.07 Å². The molecule has 2 rings (SSSR count). The van der Waals surface area contributed by atoms with Crippen LogP contribution < -0.4 is 0 Å². The summed E-state index contributed by atoms with van der Waals surface area (Å²) in [6, 6.07) is 10.9. The van der Waals surface area contributed by atoms with Crippen LogP contribution in [0.1, 0.15) is 18.4 Å². The lowest BCUT2D eigenvalue weighted by molar-refractivity contribution is 0.751. The lowest BCUT2D eigenvalue weighted by Gasteiger charge is -2.39. The van der Waals surface area contributed by atoms with Crippen LogP contribution in [0.2, 0.25) is 19.6 Å². The van der Waals surface area contributed by atoms with Crippen molar-refractivity contribution in [2.75, 3.05) is 11.5 Å². The summed E-state index contributed by atoms with van der Waals surface area (Å²) in [6.45, 7) is 7.63. The van der Waals surface area contributed by atoms with Gasteiger partial charge in [0, 0.05) is 11.5 Å². The van der Waals surface area contributed by atoms with Crippen LogP contribution in [0.15, 0.2) is 30.3 Å². The zero-order chi connectivity index (χ0) is 13.1. The van der Waals surface area contributed by atoms with Gasteiger partial charge in [0.25, 0.3) is 0 Å². The summed E-state index contributed by atoms with van der Waals surface area (Å²) in [6.07, 6.45) is 3.98. The fraction of sp³-hybridized carbons (Fsp3) is 0.600. The Labute approximate surface area is 121 Å². The highest BCUT2D eigenvalue weighted by atomic mass is 32.2. The van der Waals surface area contributed by atoms with E-state index in [0.29, 0.717) is 3.70 Å². The minimum atomic E-state index is -1.09. The number of hydrogen-bond acceptors (Lipinski definition) is 2. The summed E-state index contributed by atoms with van der Waals surface area (Å²) in [5, 5.41) is 0. The lowest BCUT2D eigenvalue weighted by atomic mass is 10.1. The molecule has 0 bridgehead atoms. The molecule has 1 fully saturated rings. The van der Waals surface area contributed by atoms with Gasteiger partial charge in [0.2, 0.25) is 0 Å². The van der Waals surface area contributed by atoms with Crippen LogP contribution in [-0.2, 0) is 6.42 Å². The van der Waals surface area contributed by atoms with Gasteiger partial charge < -0.3 is 0 Å². The number of hydrogen-bond donors (Lipinski definition) is 0. The summed E-state index contributed by atoms with van der Waals surface area (Å²) in [5.74, 6) is 2.72. The molecule has 0 aromatic heterocycles. The average Bonchev–Trinajstić information content (AvgIpc) is 2.80. The highest BCUT2D eigenvalue weighted by Gasteiger charge is 2.46. The van der Waals surface area contributed by atoms with Crippen LogP contribution >= 0.6 is 23.5 Å². The van der Waals surface area contributed by atoms with Crippen molar-refractivity contribution in [2.45, 2.75) is 42.6 Å². The van der Waals surface area contributed by atoms with Gasteiger partial charge in [-0.3, -0.25) is 0 Å². The molecule has 0 N–H and O–H groups in total. The molecule has 1 aromatic rings. The zero-order valence-electron chi connectivity index (χ0n) is 11.7. The second-order valence-corrected chi connectivity index (χ2v) is 15.2. The first-order valence-corrected chi connectivity index (χ1v) is 12.3. The Morgan fingerprint density at radius 1 is 1.06 bits per heavy atom. The summed E-state index contributed by atoms with van der Waals surface area (Å²) >= 11 is 4.51. The van der Waals surface area contributed by atoms with E-state index in [2.05, 4.69) is 73.5 Å². The minimum Gasteiger partial charge on any atom is -0.147 e. The van der Waals surface area contributed by atoms with Gasteiger partial charge in [-0.25, -0.2) is 0 Å². The third-order valence-electron chi connectivity index (χ3n) is 3.71. The standard InChI is InChI=1S/C15H24S2Si/c1-18(2,3)15(16-12-13-17-15)11-7-10-14-8-5-4-6-9-14/h4-6,8-9H,7,10-13H2,1-3H3. The van der Waals surface area contributed by atoms with E-state index >= 15 is 0 Å². The van der Waals surface area contributed by atoms with E-state index in [0.717, 1.165) is 0 Å². The first kappa shape index (κ1) is 14.5. The predicted octanol–water partition coefficient (Wildman–Crippen LogP) is 5.06. The Kier molecular flexibility index (Phi) is 4.90. The molecule has 1 aliphatic rings.